The second-order valence-corrected chi connectivity index (χ2v) is 16.5. The second-order valence-electron chi connectivity index (χ2n) is 14.4. The van der Waals surface area contributed by atoms with Crippen LogP contribution in [0.2, 0.25) is 5.02 Å². The van der Waals surface area contributed by atoms with Gasteiger partial charge < -0.3 is 21.0 Å². The molecule has 0 aliphatic carbocycles. The predicted octanol–water partition coefficient (Wildman–Crippen LogP) is 4.53. The Balaban J connectivity index is 1.58. The van der Waals surface area contributed by atoms with Gasteiger partial charge in [-0.15, -0.1) is 0 Å². The number of nitrogens with zero attached hydrogens (tertiary/aromatic N) is 3. The molecule has 1 aliphatic rings. The highest BCUT2D eigenvalue weighted by Crippen LogP contribution is 2.37. The number of sulfonamides is 1. The molecule has 4 unspecified atom stereocenters. The summed E-state index contributed by atoms with van der Waals surface area (Å²) in [5.74, 6) is -4.45. The highest BCUT2D eigenvalue weighted by Gasteiger charge is 2.59. The minimum absolute atomic E-state index is 0.0595. The number of carbonyl (C=O) groups excluding carboxylic acids is 5. The average Bonchev–Trinajstić information content (AvgIpc) is 3.75. The first-order valence-corrected chi connectivity index (χ1v) is 19.5. The van der Waals surface area contributed by atoms with Gasteiger partial charge in [-0.25, -0.2) is 32.6 Å². The molecule has 1 aromatic heterocycles. The number of hydrogen-bond donors (Lipinski definition) is 4. The number of amides is 6. The number of fused-ring (bicyclic) bond motifs is 1. The lowest BCUT2D eigenvalue weighted by Crippen LogP contribution is -2.70. The van der Waals surface area contributed by atoms with Gasteiger partial charge in [-0.3, -0.25) is 14.4 Å². The van der Waals surface area contributed by atoms with Gasteiger partial charge in [-0.1, -0.05) is 39.3 Å². The molecule has 4 aromatic rings. The fourth-order valence-corrected chi connectivity index (χ4v) is 7.91. The van der Waals surface area contributed by atoms with Crippen LogP contribution in [0.1, 0.15) is 90.5 Å². The lowest BCUT2D eigenvalue weighted by atomic mass is 9.95. The highest BCUT2D eigenvalue weighted by atomic mass is 35.5. The number of nitrogens with two attached hydrogens (primary N) is 2. The Morgan fingerprint density at radius 3 is 2.09 bits per heavy atom. The van der Waals surface area contributed by atoms with E-state index >= 15 is 4.79 Å². The number of primary amides is 1. The van der Waals surface area contributed by atoms with Crippen LogP contribution in [0.4, 0.5) is 4.79 Å². The smallest absolute Gasteiger partial charge is 0.434 e. The largest absolute Gasteiger partial charge is 0.438 e. The SMILES string of the molecule is CC(C)C(N)C(=O)[N@+]1(C(=O)N(C(=O)c2ccc(C(=O)NS(=O)(=O)c3ccc(Cl)cc3)cc2)C(C(C)C)C(O)c2nc3cc(C(N)=O)ccc3o2)CCCC1C. The minimum Gasteiger partial charge on any atom is -0.438 e. The molecule has 0 spiro atoms. The van der Waals surface area contributed by atoms with Crippen molar-refractivity contribution in [2.75, 3.05) is 6.54 Å². The van der Waals surface area contributed by atoms with Gasteiger partial charge in [0.15, 0.2) is 11.7 Å². The monoisotopic (exact) mass is 795 g/mol. The standard InChI is InChI=1S/C38H43ClN6O9S/c1-20(2)30(40)37(50)45(18-6-7-22(45)5)38(51)44(31(21(3)4)32(46)35-42-28-19-25(33(41)47)12-17-29(28)54-35)36(49)24-10-8-23(9-11-24)34(48)43-55(52,53)27-15-13-26(39)14-16-27/h8-17,19-22,30-32,46H,6-7,18,40H2,1-5H3,(H2-,41,43,47,48)/p+1/t22?,30?,31?,32?,45-/m0/s1. The molecule has 5 atom stereocenters. The van der Waals surface area contributed by atoms with Crippen LogP contribution in [0, 0.1) is 11.8 Å². The molecule has 1 fully saturated rings. The summed E-state index contributed by atoms with van der Waals surface area (Å²) in [7, 11) is -4.28. The highest BCUT2D eigenvalue weighted by molar-refractivity contribution is 7.90. The maximum atomic E-state index is 15.2. The Morgan fingerprint density at radius 1 is 0.945 bits per heavy atom. The molecule has 292 valence electrons. The van der Waals surface area contributed by atoms with Crippen LogP contribution >= 0.6 is 11.6 Å². The quantitative estimate of drug-likeness (QED) is 0.154. The third-order valence-electron chi connectivity index (χ3n) is 10.0. The van der Waals surface area contributed by atoms with E-state index in [0.717, 1.165) is 4.90 Å². The summed E-state index contributed by atoms with van der Waals surface area (Å²) >= 11 is 5.86. The zero-order valence-corrected chi connectivity index (χ0v) is 32.5. The number of rotatable bonds is 11. The van der Waals surface area contributed by atoms with Crippen LogP contribution in [0.3, 0.4) is 0 Å². The van der Waals surface area contributed by atoms with E-state index in [4.69, 9.17) is 27.5 Å². The number of benzene rings is 3. The molecular formula is C38H44ClN6O9S+. The first kappa shape index (κ1) is 41.2. The van der Waals surface area contributed by atoms with Crippen molar-refractivity contribution in [3.05, 3.63) is 94.3 Å². The Hall–Kier alpha value is -5.00. The maximum absolute atomic E-state index is 15.2. The molecule has 2 heterocycles. The molecule has 55 heavy (non-hydrogen) atoms. The number of likely N-dealkylation sites (tertiary alicyclic amines) is 1. The van der Waals surface area contributed by atoms with Crippen LogP contribution in [-0.2, 0) is 14.8 Å². The number of aromatic nitrogens is 1. The number of nitrogens with one attached hydrogen (secondary N) is 1. The molecule has 15 nitrogen and oxygen atoms in total. The fraction of sp³-hybridized carbons (Fsp3) is 0.368. The Kier molecular flexibility index (Phi) is 12.0. The molecule has 0 radical (unpaired) electrons. The van der Waals surface area contributed by atoms with E-state index in [2.05, 4.69) is 4.98 Å². The first-order valence-electron chi connectivity index (χ1n) is 17.7. The summed E-state index contributed by atoms with van der Waals surface area (Å²) in [5.41, 5.74) is 12.1. The number of aliphatic hydroxyl groups excluding tert-OH is 1. The van der Waals surface area contributed by atoms with Crippen molar-refractivity contribution < 1.29 is 46.4 Å². The fourth-order valence-electron chi connectivity index (χ4n) is 6.81. The molecule has 17 heteroatoms. The van der Waals surface area contributed by atoms with Gasteiger partial charge in [0, 0.05) is 34.6 Å². The maximum Gasteiger partial charge on any atom is 0.434 e. The van der Waals surface area contributed by atoms with Crippen molar-refractivity contribution in [1.82, 2.24) is 14.6 Å². The molecule has 6 N–H and O–H groups in total. The summed E-state index contributed by atoms with van der Waals surface area (Å²) in [5, 5.41) is 12.3. The van der Waals surface area contributed by atoms with E-state index in [1.165, 1.54) is 66.7 Å². The zero-order valence-electron chi connectivity index (χ0n) is 30.9. The van der Waals surface area contributed by atoms with E-state index < -0.39 is 74.3 Å². The van der Waals surface area contributed by atoms with E-state index in [9.17, 15) is 32.7 Å². The summed E-state index contributed by atoms with van der Waals surface area (Å²) in [6.45, 7) is 8.64. The molecule has 5 rings (SSSR count). The predicted molar refractivity (Wildman–Crippen MR) is 202 cm³/mol. The number of quaternary nitrogens is 1. The third-order valence-corrected chi connectivity index (χ3v) is 11.6. The number of urea groups is 1. The van der Waals surface area contributed by atoms with Gasteiger partial charge in [0.25, 0.3) is 21.8 Å². The van der Waals surface area contributed by atoms with Gasteiger partial charge in [-0.05, 0) is 85.5 Å². The van der Waals surface area contributed by atoms with Gasteiger partial charge in [0.05, 0.1) is 17.5 Å². The molecule has 1 saturated heterocycles. The van der Waals surface area contributed by atoms with Crippen molar-refractivity contribution in [2.45, 2.75) is 76.6 Å². The van der Waals surface area contributed by atoms with Crippen molar-refractivity contribution in [1.29, 1.82) is 0 Å². The minimum atomic E-state index is -4.28. The van der Waals surface area contributed by atoms with Crippen LogP contribution < -0.4 is 16.2 Å². The summed E-state index contributed by atoms with van der Waals surface area (Å²) in [6.07, 6.45) is -0.765. The average molecular weight is 796 g/mol. The summed E-state index contributed by atoms with van der Waals surface area (Å²) < 4.78 is 32.8. The normalized spacial score (nSPS) is 18.9. The molecule has 0 saturated carbocycles. The number of aliphatic hydroxyl groups is 1. The van der Waals surface area contributed by atoms with E-state index in [1.54, 1.807) is 34.6 Å². The second kappa shape index (κ2) is 16.0. The summed E-state index contributed by atoms with van der Waals surface area (Å²) in [4.78, 5) is 74.1. The molecule has 3 aromatic carbocycles. The number of oxazole rings is 1. The molecule has 1 aliphatic heterocycles. The molecule has 0 bridgehead atoms. The number of carbonyl (C=O) groups is 5. The van der Waals surface area contributed by atoms with Crippen LogP contribution in [-0.4, -0.2) is 82.2 Å². The van der Waals surface area contributed by atoms with Crippen molar-refractivity contribution >= 4 is 62.4 Å². The van der Waals surface area contributed by atoms with Crippen molar-refractivity contribution in [2.24, 2.45) is 23.3 Å². The first-order chi connectivity index (χ1) is 25.8. The van der Waals surface area contributed by atoms with Crippen molar-refractivity contribution in [3.63, 3.8) is 0 Å². The third kappa shape index (κ3) is 8.04. The number of hydrogen-bond acceptors (Lipinski definition) is 11. The zero-order chi connectivity index (χ0) is 40.6. The van der Waals surface area contributed by atoms with E-state index in [1.807, 2.05) is 4.72 Å². The van der Waals surface area contributed by atoms with E-state index in [-0.39, 0.29) is 51.0 Å². The number of halogens is 1. The van der Waals surface area contributed by atoms with Gasteiger partial charge in [0.2, 0.25) is 11.8 Å². The van der Waals surface area contributed by atoms with Gasteiger partial charge in [-0.2, -0.15) is 4.48 Å². The molecule has 6 amide bonds. The number of imide groups is 2. The van der Waals surface area contributed by atoms with E-state index in [0.29, 0.717) is 17.9 Å². The topological polar surface area (TPSA) is 233 Å². The van der Waals surface area contributed by atoms with Crippen LogP contribution in [0.5, 0.6) is 0 Å². The Morgan fingerprint density at radius 2 is 1.55 bits per heavy atom. The molecular weight excluding hydrogens is 752 g/mol. The Bertz CT molecular complexity index is 2240. The van der Waals surface area contributed by atoms with Crippen LogP contribution in [0.25, 0.3) is 11.1 Å². The van der Waals surface area contributed by atoms with Crippen LogP contribution in [0.15, 0.2) is 76.0 Å². The van der Waals surface area contributed by atoms with Crippen molar-refractivity contribution in [3.8, 4) is 0 Å². The lowest BCUT2D eigenvalue weighted by Gasteiger charge is -2.42. The summed E-state index contributed by atoms with van der Waals surface area (Å²) in [6, 6.07) is 10.4. The van der Waals surface area contributed by atoms with Gasteiger partial charge in [0.1, 0.15) is 17.6 Å². The Labute approximate surface area is 323 Å². The van der Waals surface area contributed by atoms with Gasteiger partial charge >= 0.3 is 11.9 Å². The lowest BCUT2D eigenvalue weighted by molar-refractivity contribution is -0.789.